The SMILES string of the molecule is N#C/C(=C\c1ccc(Cl)cc1)C(=O)Nc1ccc(N2CCCCC2)cc1. The van der Waals surface area contributed by atoms with Gasteiger partial charge in [0.05, 0.1) is 0 Å². The quantitative estimate of drug-likeness (QED) is 0.620. The Hall–Kier alpha value is -2.77. The molecule has 0 saturated carbocycles. The summed E-state index contributed by atoms with van der Waals surface area (Å²) in [6, 6.07) is 16.7. The van der Waals surface area contributed by atoms with Crippen molar-refractivity contribution in [2.24, 2.45) is 0 Å². The summed E-state index contributed by atoms with van der Waals surface area (Å²) in [5.74, 6) is -0.423. The topological polar surface area (TPSA) is 56.1 Å². The lowest BCUT2D eigenvalue weighted by Gasteiger charge is -2.28. The first-order valence-electron chi connectivity index (χ1n) is 8.69. The molecule has 2 aromatic carbocycles. The molecule has 1 amide bonds. The van der Waals surface area contributed by atoms with Gasteiger partial charge in [0.15, 0.2) is 0 Å². The van der Waals surface area contributed by atoms with Crippen molar-refractivity contribution >= 4 is 35.0 Å². The molecule has 0 atom stereocenters. The molecule has 2 aromatic rings. The van der Waals surface area contributed by atoms with Gasteiger partial charge in [0.1, 0.15) is 11.6 Å². The zero-order chi connectivity index (χ0) is 18.4. The number of nitriles is 1. The van der Waals surface area contributed by atoms with Gasteiger partial charge in [-0.05, 0) is 67.3 Å². The van der Waals surface area contributed by atoms with Gasteiger partial charge in [0.2, 0.25) is 0 Å². The maximum atomic E-state index is 12.4. The summed E-state index contributed by atoms with van der Waals surface area (Å²) in [5.41, 5.74) is 2.64. The number of nitrogens with zero attached hydrogens (tertiary/aromatic N) is 2. The van der Waals surface area contributed by atoms with Crippen LogP contribution < -0.4 is 10.2 Å². The summed E-state index contributed by atoms with van der Waals surface area (Å²) in [4.78, 5) is 14.7. The first-order chi connectivity index (χ1) is 12.7. The Kier molecular flexibility index (Phi) is 5.93. The predicted octanol–water partition coefficient (Wildman–Crippen LogP) is 4.88. The van der Waals surface area contributed by atoms with E-state index >= 15 is 0 Å². The second-order valence-electron chi connectivity index (χ2n) is 6.27. The Bertz CT molecular complexity index is 829. The highest BCUT2D eigenvalue weighted by Gasteiger charge is 2.12. The number of hydrogen-bond acceptors (Lipinski definition) is 3. The lowest BCUT2D eigenvalue weighted by Crippen LogP contribution is -2.29. The van der Waals surface area contributed by atoms with Crippen molar-refractivity contribution in [3.05, 3.63) is 64.7 Å². The summed E-state index contributed by atoms with van der Waals surface area (Å²) in [6.45, 7) is 2.15. The molecule has 1 N–H and O–H groups in total. The molecule has 3 rings (SSSR count). The van der Waals surface area contributed by atoms with Crippen LogP contribution in [0, 0.1) is 11.3 Å². The van der Waals surface area contributed by atoms with Gasteiger partial charge in [-0.25, -0.2) is 0 Å². The third-order valence-electron chi connectivity index (χ3n) is 4.39. The van der Waals surface area contributed by atoms with Gasteiger partial charge >= 0.3 is 0 Å². The van der Waals surface area contributed by atoms with Crippen molar-refractivity contribution < 1.29 is 4.79 Å². The molecular formula is C21H20ClN3O. The van der Waals surface area contributed by atoms with Crippen molar-refractivity contribution in [2.75, 3.05) is 23.3 Å². The van der Waals surface area contributed by atoms with Crippen LogP contribution in [0.1, 0.15) is 24.8 Å². The molecule has 1 aliphatic heterocycles. The van der Waals surface area contributed by atoms with Crippen LogP contribution in [-0.4, -0.2) is 19.0 Å². The minimum absolute atomic E-state index is 0.0485. The number of piperidine rings is 1. The molecule has 0 spiro atoms. The fourth-order valence-electron chi connectivity index (χ4n) is 2.98. The second-order valence-corrected chi connectivity index (χ2v) is 6.71. The number of anilines is 2. The van der Waals surface area contributed by atoms with E-state index in [0.29, 0.717) is 10.7 Å². The number of rotatable bonds is 4. The molecule has 1 saturated heterocycles. The first kappa shape index (κ1) is 18.0. The van der Waals surface area contributed by atoms with Crippen molar-refractivity contribution in [3.8, 4) is 6.07 Å². The van der Waals surface area contributed by atoms with Crippen LogP contribution in [0.25, 0.3) is 6.08 Å². The molecule has 132 valence electrons. The Morgan fingerprint density at radius 3 is 2.31 bits per heavy atom. The van der Waals surface area contributed by atoms with Crippen molar-refractivity contribution in [1.29, 1.82) is 5.26 Å². The molecule has 1 aliphatic rings. The molecule has 0 unspecified atom stereocenters. The lowest BCUT2D eigenvalue weighted by atomic mass is 10.1. The van der Waals surface area contributed by atoms with E-state index in [1.807, 2.05) is 30.3 Å². The summed E-state index contributed by atoms with van der Waals surface area (Å²) >= 11 is 5.85. The zero-order valence-corrected chi connectivity index (χ0v) is 15.2. The van der Waals surface area contributed by atoms with Gasteiger partial charge in [0, 0.05) is 29.5 Å². The standard InChI is InChI=1S/C21H20ClN3O/c22-18-6-4-16(5-7-18)14-17(15-23)21(26)24-19-8-10-20(11-9-19)25-12-2-1-3-13-25/h4-11,14H,1-3,12-13H2,(H,24,26)/b17-14+. The van der Waals surface area contributed by atoms with Crippen LogP contribution >= 0.6 is 11.6 Å². The molecule has 26 heavy (non-hydrogen) atoms. The molecule has 5 heteroatoms. The molecule has 0 radical (unpaired) electrons. The van der Waals surface area contributed by atoms with E-state index in [0.717, 1.165) is 18.7 Å². The van der Waals surface area contributed by atoms with Crippen LogP contribution in [0.4, 0.5) is 11.4 Å². The molecule has 1 fully saturated rings. The van der Waals surface area contributed by atoms with Crippen molar-refractivity contribution in [1.82, 2.24) is 0 Å². The normalized spacial score (nSPS) is 14.6. The second kappa shape index (κ2) is 8.55. The van der Waals surface area contributed by atoms with Gasteiger partial charge in [-0.1, -0.05) is 23.7 Å². The molecule has 0 aromatic heterocycles. The predicted molar refractivity (Wildman–Crippen MR) is 106 cm³/mol. The van der Waals surface area contributed by atoms with E-state index < -0.39 is 5.91 Å². The Balaban J connectivity index is 1.68. The van der Waals surface area contributed by atoms with Crippen molar-refractivity contribution in [3.63, 3.8) is 0 Å². The molecule has 4 nitrogen and oxygen atoms in total. The number of amides is 1. The highest BCUT2D eigenvalue weighted by Crippen LogP contribution is 2.22. The molecule has 1 heterocycles. The first-order valence-corrected chi connectivity index (χ1v) is 9.07. The van der Waals surface area contributed by atoms with E-state index in [9.17, 15) is 10.1 Å². The van der Waals surface area contributed by atoms with Crippen LogP contribution in [0.5, 0.6) is 0 Å². The van der Waals surface area contributed by atoms with Gasteiger partial charge in [-0.3, -0.25) is 4.79 Å². The summed E-state index contributed by atoms with van der Waals surface area (Å²) < 4.78 is 0. The molecule has 0 bridgehead atoms. The van der Waals surface area contributed by atoms with E-state index in [1.54, 1.807) is 30.3 Å². The lowest BCUT2D eigenvalue weighted by molar-refractivity contribution is -0.112. The maximum absolute atomic E-state index is 12.4. The van der Waals surface area contributed by atoms with E-state index in [4.69, 9.17) is 11.6 Å². The smallest absolute Gasteiger partial charge is 0.266 e. The average molecular weight is 366 g/mol. The van der Waals surface area contributed by atoms with E-state index in [1.165, 1.54) is 24.9 Å². The van der Waals surface area contributed by atoms with E-state index in [-0.39, 0.29) is 5.57 Å². The number of benzene rings is 2. The van der Waals surface area contributed by atoms with Crippen LogP contribution in [0.3, 0.4) is 0 Å². The summed E-state index contributed by atoms with van der Waals surface area (Å²) in [7, 11) is 0. The van der Waals surface area contributed by atoms with Gasteiger partial charge < -0.3 is 10.2 Å². The van der Waals surface area contributed by atoms with Gasteiger partial charge in [0.25, 0.3) is 5.91 Å². The Morgan fingerprint density at radius 2 is 1.69 bits per heavy atom. The minimum Gasteiger partial charge on any atom is -0.372 e. The van der Waals surface area contributed by atoms with Crippen molar-refractivity contribution in [2.45, 2.75) is 19.3 Å². The van der Waals surface area contributed by atoms with Crippen LogP contribution in [-0.2, 0) is 4.79 Å². The van der Waals surface area contributed by atoms with E-state index in [2.05, 4.69) is 10.2 Å². The number of nitrogens with one attached hydrogen (secondary N) is 1. The third kappa shape index (κ3) is 4.65. The largest absolute Gasteiger partial charge is 0.372 e. The molecule has 0 aliphatic carbocycles. The number of carbonyl (C=O) groups excluding carboxylic acids is 1. The average Bonchev–Trinajstić information content (AvgIpc) is 2.68. The summed E-state index contributed by atoms with van der Waals surface area (Å²) in [6.07, 6.45) is 5.29. The highest BCUT2D eigenvalue weighted by molar-refractivity contribution is 6.30. The maximum Gasteiger partial charge on any atom is 0.266 e. The zero-order valence-electron chi connectivity index (χ0n) is 14.4. The van der Waals surface area contributed by atoms with Crippen LogP contribution in [0.15, 0.2) is 54.1 Å². The van der Waals surface area contributed by atoms with Gasteiger partial charge in [-0.15, -0.1) is 0 Å². The third-order valence-corrected chi connectivity index (χ3v) is 4.64. The Morgan fingerprint density at radius 1 is 1.04 bits per heavy atom. The summed E-state index contributed by atoms with van der Waals surface area (Å²) in [5, 5.41) is 12.7. The number of carbonyl (C=O) groups is 1. The van der Waals surface area contributed by atoms with Crippen LogP contribution in [0.2, 0.25) is 5.02 Å². The molecular weight excluding hydrogens is 346 g/mol. The monoisotopic (exact) mass is 365 g/mol. The number of halogens is 1. The fraction of sp³-hybridized carbons (Fsp3) is 0.238. The highest BCUT2D eigenvalue weighted by atomic mass is 35.5. The Labute approximate surface area is 158 Å². The minimum atomic E-state index is -0.423. The van der Waals surface area contributed by atoms with Gasteiger partial charge in [-0.2, -0.15) is 5.26 Å². The number of hydrogen-bond donors (Lipinski definition) is 1. The fourth-order valence-corrected chi connectivity index (χ4v) is 3.11.